The van der Waals surface area contributed by atoms with E-state index in [4.69, 9.17) is 4.74 Å². The van der Waals surface area contributed by atoms with E-state index in [1.54, 1.807) is 4.90 Å². The summed E-state index contributed by atoms with van der Waals surface area (Å²) in [6.07, 6.45) is 3.26. The summed E-state index contributed by atoms with van der Waals surface area (Å²) < 4.78 is 5.68. The molecule has 0 unspecified atom stereocenters. The number of aliphatic carboxylic acids is 1. The summed E-state index contributed by atoms with van der Waals surface area (Å²) in [6, 6.07) is 7.77. The Morgan fingerprint density at radius 1 is 1.32 bits per heavy atom. The molecule has 2 N–H and O–H groups in total. The number of likely N-dealkylation sites (N-methyl/N-ethyl adjacent to an activating group) is 1. The van der Waals surface area contributed by atoms with Crippen LogP contribution in [0, 0.1) is 11.3 Å². The summed E-state index contributed by atoms with van der Waals surface area (Å²) in [5, 5.41) is 12.6. The highest BCUT2D eigenvalue weighted by Gasteiger charge is 2.55. The van der Waals surface area contributed by atoms with Gasteiger partial charge in [-0.1, -0.05) is 18.6 Å². The number of carboxylic acid groups (broad SMARTS) is 1. The quantitative estimate of drug-likeness (QED) is 0.711. The van der Waals surface area contributed by atoms with Crippen LogP contribution in [-0.4, -0.2) is 73.8 Å². The second-order valence-electron chi connectivity index (χ2n) is 8.21. The number of nitrogens with zero attached hydrogens (tertiary/aromatic N) is 2. The van der Waals surface area contributed by atoms with Gasteiger partial charge in [0, 0.05) is 26.2 Å². The van der Waals surface area contributed by atoms with Gasteiger partial charge in [-0.15, -0.1) is 0 Å². The lowest BCUT2D eigenvalue weighted by atomic mass is 9.81. The molecule has 28 heavy (non-hydrogen) atoms. The molecule has 2 aliphatic rings. The number of ether oxygens (including phenoxy) is 1. The number of carboxylic acids is 1. The molecule has 1 saturated carbocycles. The fourth-order valence-corrected chi connectivity index (χ4v) is 4.32. The van der Waals surface area contributed by atoms with Crippen molar-refractivity contribution >= 4 is 12.0 Å². The van der Waals surface area contributed by atoms with Gasteiger partial charge in [-0.3, -0.25) is 4.79 Å². The van der Waals surface area contributed by atoms with Gasteiger partial charge in [0.1, 0.15) is 12.4 Å². The maximum atomic E-state index is 12.5. The average Bonchev–Trinajstić information content (AvgIpc) is 3.21. The van der Waals surface area contributed by atoms with Crippen LogP contribution < -0.4 is 10.1 Å². The zero-order valence-corrected chi connectivity index (χ0v) is 16.8. The minimum absolute atomic E-state index is 0.0933. The summed E-state index contributed by atoms with van der Waals surface area (Å²) in [5.74, 6) is 0.186. The Hall–Kier alpha value is -2.28. The average molecular weight is 389 g/mol. The monoisotopic (exact) mass is 389 g/mol. The molecular formula is C21H31N3O4. The predicted octanol–water partition coefficient (Wildman–Crippen LogP) is 2.07. The Labute approximate surface area is 166 Å². The second kappa shape index (κ2) is 8.82. The van der Waals surface area contributed by atoms with Gasteiger partial charge in [0.05, 0.1) is 5.41 Å². The van der Waals surface area contributed by atoms with Gasteiger partial charge in [0.2, 0.25) is 0 Å². The maximum absolute atomic E-state index is 12.5. The predicted molar refractivity (Wildman–Crippen MR) is 107 cm³/mol. The molecule has 154 valence electrons. The first-order valence-electron chi connectivity index (χ1n) is 10.0. The number of fused-ring (bicyclic) bond motifs is 1. The van der Waals surface area contributed by atoms with Gasteiger partial charge in [0.25, 0.3) is 0 Å². The highest BCUT2D eigenvalue weighted by atomic mass is 16.5. The Bertz CT molecular complexity index is 691. The number of amides is 2. The number of nitrogens with one attached hydrogen (secondary N) is 1. The molecule has 0 spiro atoms. The van der Waals surface area contributed by atoms with Crippen molar-refractivity contribution in [3.8, 4) is 5.75 Å². The van der Waals surface area contributed by atoms with Gasteiger partial charge >= 0.3 is 12.0 Å². The molecule has 3 rings (SSSR count). The number of urea groups is 1. The van der Waals surface area contributed by atoms with Crippen LogP contribution >= 0.6 is 0 Å². The number of hydrogen-bond acceptors (Lipinski definition) is 4. The number of benzene rings is 1. The van der Waals surface area contributed by atoms with Crippen LogP contribution in [0.4, 0.5) is 4.79 Å². The molecule has 2 atom stereocenters. The largest absolute Gasteiger partial charge is 0.492 e. The summed E-state index contributed by atoms with van der Waals surface area (Å²) in [6.45, 7) is 2.93. The lowest BCUT2D eigenvalue weighted by molar-refractivity contribution is -0.149. The molecule has 7 nitrogen and oxygen atoms in total. The first-order chi connectivity index (χ1) is 13.4. The molecule has 0 aromatic heterocycles. The molecule has 1 heterocycles. The lowest BCUT2D eigenvalue weighted by Gasteiger charge is -2.23. The zero-order chi connectivity index (χ0) is 20.1. The fraction of sp³-hybridized carbons (Fsp3) is 0.619. The van der Waals surface area contributed by atoms with Crippen molar-refractivity contribution < 1.29 is 19.4 Å². The SMILES string of the molecule is CN(C)CCOc1ccc(CCNC(=O)N2C[C@@H]3CCC[C@@]3(C(=O)O)C2)cc1. The standard InChI is InChI=1S/C21H31N3O4/c1-23(2)12-13-28-18-7-5-16(6-8-18)9-11-22-20(27)24-14-17-4-3-10-21(17,15-24)19(25)26/h5-8,17H,3-4,9-15H2,1-2H3,(H,22,27)(H,25,26)/t17-,21+/m0/s1. The Morgan fingerprint density at radius 3 is 2.71 bits per heavy atom. The first-order valence-corrected chi connectivity index (χ1v) is 10.0. The van der Waals surface area contributed by atoms with E-state index in [1.165, 1.54) is 0 Å². The van der Waals surface area contributed by atoms with Gasteiger partial charge in [-0.05, 0) is 57.0 Å². The molecular weight excluding hydrogens is 358 g/mol. The molecule has 7 heteroatoms. The molecule has 1 aliphatic carbocycles. The van der Waals surface area contributed by atoms with Gasteiger partial charge in [-0.2, -0.15) is 0 Å². The van der Waals surface area contributed by atoms with Crippen LogP contribution in [0.1, 0.15) is 24.8 Å². The number of likely N-dealkylation sites (tertiary alicyclic amines) is 1. The number of carbonyl (C=O) groups is 2. The molecule has 1 aromatic carbocycles. The van der Waals surface area contributed by atoms with E-state index in [2.05, 4.69) is 10.2 Å². The summed E-state index contributed by atoms with van der Waals surface area (Å²) >= 11 is 0. The van der Waals surface area contributed by atoms with E-state index in [0.29, 0.717) is 32.7 Å². The fourth-order valence-electron chi connectivity index (χ4n) is 4.32. The van der Waals surface area contributed by atoms with Crippen LogP contribution in [0.2, 0.25) is 0 Å². The highest BCUT2D eigenvalue weighted by Crippen LogP contribution is 2.48. The number of carbonyl (C=O) groups excluding carboxylic acids is 1. The Kier molecular flexibility index (Phi) is 6.44. The van der Waals surface area contributed by atoms with Crippen molar-refractivity contribution in [2.75, 3.05) is 46.9 Å². The van der Waals surface area contributed by atoms with Crippen molar-refractivity contribution in [3.05, 3.63) is 29.8 Å². The van der Waals surface area contributed by atoms with Crippen LogP contribution in [0.3, 0.4) is 0 Å². The minimum atomic E-state index is -0.752. The highest BCUT2D eigenvalue weighted by molar-refractivity contribution is 5.80. The lowest BCUT2D eigenvalue weighted by Crippen LogP contribution is -2.42. The van der Waals surface area contributed by atoms with Crippen molar-refractivity contribution in [1.29, 1.82) is 0 Å². The Morgan fingerprint density at radius 2 is 2.07 bits per heavy atom. The summed E-state index contributed by atoms with van der Waals surface area (Å²) in [7, 11) is 4.02. The van der Waals surface area contributed by atoms with E-state index in [-0.39, 0.29) is 11.9 Å². The molecule has 1 aromatic rings. The van der Waals surface area contributed by atoms with E-state index >= 15 is 0 Å². The van der Waals surface area contributed by atoms with Crippen LogP contribution in [0.15, 0.2) is 24.3 Å². The number of rotatable bonds is 8. The van der Waals surface area contributed by atoms with E-state index in [0.717, 1.165) is 37.1 Å². The molecule has 1 aliphatic heterocycles. The van der Waals surface area contributed by atoms with Crippen molar-refractivity contribution in [1.82, 2.24) is 15.1 Å². The van der Waals surface area contributed by atoms with E-state index in [1.807, 2.05) is 38.4 Å². The third-order valence-corrected chi connectivity index (χ3v) is 6.00. The zero-order valence-electron chi connectivity index (χ0n) is 16.8. The normalized spacial score (nSPS) is 23.7. The molecule has 2 fully saturated rings. The summed E-state index contributed by atoms with van der Waals surface area (Å²) in [5.41, 5.74) is 0.403. The van der Waals surface area contributed by atoms with Crippen LogP contribution in [0.25, 0.3) is 0 Å². The van der Waals surface area contributed by atoms with Crippen molar-refractivity contribution in [2.24, 2.45) is 11.3 Å². The van der Waals surface area contributed by atoms with E-state index < -0.39 is 11.4 Å². The molecule has 1 saturated heterocycles. The van der Waals surface area contributed by atoms with Crippen LogP contribution in [-0.2, 0) is 11.2 Å². The van der Waals surface area contributed by atoms with Crippen LogP contribution in [0.5, 0.6) is 5.75 Å². The van der Waals surface area contributed by atoms with E-state index in [9.17, 15) is 14.7 Å². The Balaban J connectivity index is 1.42. The van der Waals surface area contributed by atoms with Gasteiger partial charge in [0.15, 0.2) is 0 Å². The molecule has 0 bridgehead atoms. The number of hydrogen-bond donors (Lipinski definition) is 2. The second-order valence-corrected chi connectivity index (χ2v) is 8.21. The third-order valence-electron chi connectivity index (χ3n) is 6.00. The molecule has 2 amide bonds. The van der Waals surface area contributed by atoms with Crippen molar-refractivity contribution in [3.63, 3.8) is 0 Å². The third kappa shape index (κ3) is 4.58. The maximum Gasteiger partial charge on any atom is 0.317 e. The smallest absolute Gasteiger partial charge is 0.317 e. The van der Waals surface area contributed by atoms with Crippen molar-refractivity contribution in [2.45, 2.75) is 25.7 Å². The first kappa shape index (κ1) is 20.5. The topological polar surface area (TPSA) is 82.1 Å². The molecule has 0 radical (unpaired) electrons. The van der Waals surface area contributed by atoms with Gasteiger partial charge in [-0.25, -0.2) is 4.79 Å². The van der Waals surface area contributed by atoms with Gasteiger partial charge < -0.3 is 25.0 Å². The minimum Gasteiger partial charge on any atom is -0.492 e. The summed E-state index contributed by atoms with van der Waals surface area (Å²) in [4.78, 5) is 27.9.